The molecule has 2 aromatic heterocycles. The Balaban J connectivity index is 2.35. The predicted molar refractivity (Wildman–Crippen MR) is 76.0 cm³/mol. The molecule has 0 bridgehead atoms. The summed E-state index contributed by atoms with van der Waals surface area (Å²) >= 11 is 0. The summed E-state index contributed by atoms with van der Waals surface area (Å²) < 4.78 is 0. The molecule has 100 valence electrons. The van der Waals surface area contributed by atoms with E-state index in [2.05, 4.69) is 24.9 Å². The Bertz CT molecular complexity index is 803. The van der Waals surface area contributed by atoms with Crippen molar-refractivity contribution in [2.45, 2.75) is 0 Å². The van der Waals surface area contributed by atoms with Gasteiger partial charge in [0.2, 0.25) is 5.95 Å². The van der Waals surface area contributed by atoms with Gasteiger partial charge in [0.1, 0.15) is 11.5 Å². The number of nitrogens with zero attached hydrogens (tertiary/aromatic N) is 5. The van der Waals surface area contributed by atoms with E-state index in [0.717, 1.165) is 0 Å². The van der Waals surface area contributed by atoms with E-state index in [0.29, 0.717) is 22.6 Å². The van der Waals surface area contributed by atoms with Crippen molar-refractivity contribution in [3.63, 3.8) is 0 Å². The van der Waals surface area contributed by atoms with Crippen molar-refractivity contribution in [1.82, 2.24) is 19.9 Å². The molecule has 0 aliphatic carbocycles. The lowest BCUT2D eigenvalue weighted by atomic mass is 10.2. The molecule has 3 rings (SSSR count). The summed E-state index contributed by atoms with van der Waals surface area (Å²) in [6.45, 7) is 0. The van der Waals surface area contributed by atoms with Crippen LogP contribution in [0.4, 0.5) is 11.8 Å². The summed E-state index contributed by atoms with van der Waals surface area (Å²) in [5.74, 6) is 0.576. The minimum absolute atomic E-state index is 0.0323. The quantitative estimate of drug-likeness (QED) is 0.477. The average molecular weight is 269 g/mol. The van der Waals surface area contributed by atoms with Crippen LogP contribution in [0.25, 0.3) is 17.2 Å². The number of anilines is 2. The van der Waals surface area contributed by atoms with Crippen LogP contribution in [0.5, 0.6) is 0 Å². The highest BCUT2D eigenvalue weighted by molar-refractivity contribution is 6.01. The van der Waals surface area contributed by atoms with E-state index in [4.69, 9.17) is 22.9 Å². The van der Waals surface area contributed by atoms with E-state index in [1.54, 1.807) is 18.2 Å². The summed E-state index contributed by atoms with van der Waals surface area (Å²) in [6, 6.07) is 0. The molecule has 9 heteroatoms. The van der Waals surface area contributed by atoms with Gasteiger partial charge in [0.25, 0.3) is 0 Å². The molecule has 0 amide bonds. The van der Waals surface area contributed by atoms with Crippen molar-refractivity contribution in [2.75, 3.05) is 11.5 Å². The first-order valence-corrected chi connectivity index (χ1v) is 5.63. The first-order chi connectivity index (χ1) is 9.54. The van der Waals surface area contributed by atoms with Crippen LogP contribution in [0.2, 0.25) is 0 Å². The lowest BCUT2D eigenvalue weighted by Crippen LogP contribution is -2.20. The molecule has 3 heterocycles. The number of nitrogen functional groups attached to an aromatic ring is 2. The Morgan fingerprint density at radius 2 is 1.70 bits per heavy atom. The van der Waals surface area contributed by atoms with Crippen molar-refractivity contribution >= 4 is 34.8 Å². The Morgan fingerprint density at radius 1 is 0.900 bits per heavy atom. The molecule has 0 saturated heterocycles. The number of hydrogen-bond acceptors (Lipinski definition) is 9. The number of amidine groups is 1. The molecule has 20 heavy (non-hydrogen) atoms. The van der Waals surface area contributed by atoms with Gasteiger partial charge in [-0.2, -0.15) is 9.97 Å². The zero-order valence-corrected chi connectivity index (χ0v) is 10.3. The third-order valence-electron chi connectivity index (χ3n) is 2.62. The normalized spacial score (nSPS) is 21.0. The number of aromatic nitrogens is 4. The summed E-state index contributed by atoms with van der Waals surface area (Å²) in [6.07, 6.45) is 4.99. The SMILES string of the molecule is NC1=C\C=C\c2nc3nc(N)nc(N)c3nc2/C(N)=N\1. The van der Waals surface area contributed by atoms with Crippen LogP contribution in [-0.2, 0) is 0 Å². The van der Waals surface area contributed by atoms with Crippen LogP contribution in [0.15, 0.2) is 23.0 Å². The van der Waals surface area contributed by atoms with E-state index in [1.807, 2.05) is 0 Å². The molecule has 9 nitrogen and oxygen atoms in total. The summed E-state index contributed by atoms with van der Waals surface area (Å²) in [5, 5.41) is 0. The second-order valence-electron chi connectivity index (χ2n) is 4.04. The highest BCUT2D eigenvalue weighted by Crippen LogP contribution is 2.19. The minimum Gasteiger partial charge on any atom is -0.384 e. The van der Waals surface area contributed by atoms with Gasteiger partial charge >= 0.3 is 0 Å². The molecule has 1 aliphatic heterocycles. The predicted octanol–water partition coefficient (Wildman–Crippen LogP) is -0.884. The van der Waals surface area contributed by atoms with Crippen LogP contribution in [-0.4, -0.2) is 25.8 Å². The first-order valence-electron chi connectivity index (χ1n) is 5.63. The van der Waals surface area contributed by atoms with Gasteiger partial charge < -0.3 is 22.9 Å². The molecule has 0 saturated carbocycles. The maximum absolute atomic E-state index is 5.86. The number of hydrogen-bond donors (Lipinski definition) is 4. The number of fused-ring (bicyclic) bond motifs is 2. The standard InChI is InChI=1S/C11H11N9/c12-5-3-1-2-4-6(8(13)17-5)18-7-9(14)19-11(15)20-10(7)16-4/h1-3H,(H4,12,13,17)(H4,14,15,16,19,20). The Labute approximate surface area is 113 Å². The van der Waals surface area contributed by atoms with E-state index >= 15 is 0 Å². The minimum atomic E-state index is 0.0323. The molecule has 8 N–H and O–H groups in total. The molecular formula is C11H11N9. The maximum Gasteiger partial charge on any atom is 0.224 e. The van der Waals surface area contributed by atoms with Gasteiger partial charge in [0, 0.05) is 0 Å². The smallest absolute Gasteiger partial charge is 0.224 e. The van der Waals surface area contributed by atoms with Gasteiger partial charge in [-0.25, -0.2) is 15.0 Å². The van der Waals surface area contributed by atoms with Crippen molar-refractivity contribution in [3.05, 3.63) is 29.4 Å². The summed E-state index contributed by atoms with van der Waals surface area (Å²) in [4.78, 5) is 20.5. The number of aliphatic imine (C=N–C) groups is 1. The second kappa shape index (κ2) is 4.16. The topological polar surface area (TPSA) is 168 Å². The lowest BCUT2D eigenvalue weighted by Gasteiger charge is -2.09. The van der Waals surface area contributed by atoms with Crippen LogP contribution in [0, 0.1) is 0 Å². The van der Waals surface area contributed by atoms with E-state index in [9.17, 15) is 0 Å². The van der Waals surface area contributed by atoms with Gasteiger partial charge in [0.15, 0.2) is 22.8 Å². The van der Waals surface area contributed by atoms with E-state index < -0.39 is 0 Å². The number of allylic oxidation sites excluding steroid dienone is 2. The molecule has 0 spiro atoms. The van der Waals surface area contributed by atoms with Crippen LogP contribution >= 0.6 is 0 Å². The molecule has 0 radical (unpaired) electrons. The highest BCUT2D eigenvalue weighted by Gasteiger charge is 2.15. The average Bonchev–Trinajstić information content (AvgIpc) is 2.36. The summed E-state index contributed by atoms with van der Waals surface area (Å²) in [7, 11) is 0. The third-order valence-corrected chi connectivity index (χ3v) is 2.62. The Kier molecular flexibility index (Phi) is 2.46. The van der Waals surface area contributed by atoms with Crippen molar-refractivity contribution in [3.8, 4) is 0 Å². The molecule has 0 fully saturated rings. The monoisotopic (exact) mass is 269 g/mol. The van der Waals surface area contributed by atoms with Crippen LogP contribution < -0.4 is 22.9 Å². The highest BCUT2D eigenvalue weighted by atomic mass is 15.1. The third kappa shape index (κ3) is 1.86. The lowest BCUT2D eigenvalue weighted by molar-refractivity contribution is 1.13. The molecule has 0 atom stereocenters. The molecule has 0 aromatic carbocycles. The second-order valence-corrected chi connectivity index (χ2v) is 4.04. The van der Waals surface area contributed by atoms with Gasteiger partial charge in [0.05, 0.1) is 5.69 Å². The number of nitrogens with two attached hydrogens (primary N) is 4. The first kappa shape index (κ1) is 11.8. The Hall–Kier alpha value is -3.23. The van der Waals surface area contributed by atoms with E-state index in [1.165, 1.54) is 0 Å². The molecule has 2 aromatic rings. The fourth-order valence-electron chi connectivity index (χ4n) is 1.77. The van der Waals surface area contributed by atoms with Gasteiger partial charge in [-0.15, -0.1) is 0 Å². The molecular weight excluding hydrogens is 258 g/mol. The number of rotatable bonds is 0. The largest absolute Gasteiger partial charge is 0.384 e. The van der Waals surface area contributed by atoms with Crippen molar-refractivity contribution in [1.29, 1.82) is 0 Å². The summed E-state index contributed by atoms with van der Waals surface area (Å²) in [5.41, 5.74) is 24.3. The fraction of sp³-hybridized carbons (Fsp3) is 0. The van der Waals surface area contributed by atoms with Gasteiger partial charge in [-0.1, -0.05) is 6.08 Å². The molecule has 1 aliphatic rings. The van der Waals surface area contributed by atoms with Crippen molar-refractivity contribution < 1.29 is 0 Å². The van der Waals surface area contributed by atoms with Gasteiger partial charge in [-0.3, -0.25) is 0 Å². The zero-order valence-electron chi connectivity index (χ0n) is 10.3. The van der Waals surface area contributed by atoms with Crippen molar-refractivity contribution in [2.24, 2.45) is 16.5 Å². The van der Waals surface area contributed by atoms with E-state index in [-0.39, 0.29) is 23.4 Å². The Morgan fingerprint density at radius 3 is 2.50 bits per heavy atom. The van der Waals surface area contributed by atoms with Crippen LogP contribution in [0.3, 0.4) is 0 Å². The zero-order chi connectivity index (χ0) is 14.3. The maximum atomic E-state index is 5.86. The fourth-order valence-corrected chi connectivity index (χ4v) is 1.77. The van der Waals surface area contributed by atoms with Gasteiger partial charge in [-0.05, 0) is 12.2 Å². The molecule has 0 unspecified atom stereocenters. The van der Waals surface area contributed by atoms with Crippen LogP contribution in [0.1, 0.15) is 11.4 Å².